The van der Waals surface area contributed by atoms with Crippen LogP contribution in [0.3, 0.4) is 0 Å². The molecule has 1 aliphatic heterocycles. The maximum atomic E-state index is 13.7. The van der Waals surface area contributed by atoms with Crippen molar-refractivity contribution in [3.63, 3.8) is 0 Å². The zero-order chi connectivity index (χ0) is 12.4. The Morgan fingerprint density at radius 3 is 2.88 bits per heavy atom. The minimum atomic E-state index is -0.239. The first kappa shape index (κ1) is 12.4. The van der Waals surface area contributed by atoms with Gasteiger partial charge in [0.15, 0.2) is 0 Å². The first-order valence-electron chi connectivity index (χ1n) is 5.57. The Labute approximate surface area is 109 Å². The molecule has 0 radical (unpaired) electrons. The summed E-state index contributed by atoms with van der Waals surface area (Å²) in [5.41, 5.74) is 0.559. The lowest BCUT2D eigenvalue weighted by molar-refractivity contribution is 0.281. The molecule has 0 amide bonds. The summed E-state index contributed by atoms with van der Waals surface area (Å²) in [6, 6.07) is 5.05. The molecule has 1 aromatic rings. The van der Waals surface area contributed by atoms with Gasteiger partial charge >= 0.3 is 0 Å². The number of anilines is 1. The number of halogens is 2. The van der Waals surface area contributed by atoms with E-state index in [0.29, 0.717) is 18.3 Å². The molecule has 0 aromatic heterocycles. The molecule has 1 heterocycles. The molecule has 0 spiro atoms. The molecular weight excluding hydrogens is 285 g/mol. The fourth-order valence-corrected chi connectivity index (χ4v) is 2.10. The largest absolute Gasteiger partial charge is 0.308 e. The zero-order valence-corrected chi connectivity index (χ0v) is 11.5. The molecule has 17 heavy (non-hydrogen) atoms. The van der Waals surface area contributed by atoms with E-state index in [1.165, 1.54) is 6.07 Å². The summed E-state index contributed by atoms with van der Waals surface area (Å²) in [7, 11) is 0. The summed E-state index contributed by atoms with van der Waals surface area (Å²) in [6.07, 6.45) is 1.68. The molecule has 0 bridgehead atoms. The number of rotatable bonds is 3. The van der Waals surface area contributed by atoms with E-state index >= 15 is 0 Å². The fraction of sp³-hybridized carbons (Fsp3) is 0.417. The number of hydrogen-bond donors (Lipinski definition) is 0. The van der Waals surface area contributed by atoms with Gasteiger partial charge in [0.25, 0.3) is 0 Å². The lowest BCUT2D eigenvalue weighted by atomic mass is 10.2. The van der Waals surface area contributed by atoms with Crippen molar-refractivity contribution >= 4 is 28.0 Å². The second-order valence-electron chi connectivity index (χ2n) is 4.52. The summed E-state index contributed by atoms with van der Waals surface area (Å²) < 4.78 is 14.5. The molecule has 2 rings (SSSR count). The molecule has 1 aliphatic rings. The lowest BCUT2D eigenvalue weighted by Crippen LogP contribution is -2.29. The van der Waals surface area contributed by atoms with Crippen molar-refractivity contribution in [1.82, 2.24) is 5.01 Å². The van der Waals surface area contributed by atoms with Crippen molar-refractivity contribution in [2.24, 2.45) is 11.0 Å². The monoisotopic (exact) mass is 299 g/mol. The fourth-order valence-electron chi connectivity index (χ4n) is 1.76. The minimum Gasteiger partial charge on any atom is -0.308 e. The van der Waals surface area contributed by atoms with Gasteiger partial charge in [0.05, 0.1) is 5.69 Å². The Bertz CT molecular complexity index is 434. The van der Waals surface area contributed by atoms with Crippen molar-refractivity contribution in [3.8, 4) is 0 Å². The molecule has 5 heteroatoms. The first-order chi connectivity index (χ1) is 8.06. The summed E-state index contributed by atoms with van der Waals surface area (Å²) in [4.78, 5) is 1.81. The zero-order valence-electron chi connectivity index (χ0n) is 9.90. The van der Waals surface area contributed by atoms with E-state index in [-0.39, 0.29) is 5.82 Å². The quantitative estimate of drug-likeness (QED) is 0.853. The molecule has 1 aromatic carbocycles. The topological polar surface area (TPSA) is 18.8 Å². The van der Waals surface area contributed by atoms with Gasteiger partial charge in [-0.25, -0.2) is 4.39 Å². The molecule has 0 aliphatic carbocycles. The van der Waals surface area contributed by atoms with E-state index < -0.39 is 0 Å². The van der Waals surface area contributed by atoms with Gasteiger partial charge in [0.2, 0.25) is 0 Å². The Morgan fingerprint density at radius 2 is 2.24 bits per heavy atom. The van der Waals surface area contributed by atoms with Crippen LogP contribution in [0.1, 0.15) is 13.8 Å². The van der Waals surface area contributed by atoms with Crippen LogP contribution < -0.4 is 4.90 Å². The van der Waals surface area contributed by atoms with Gasteiger partial charge in [-0.15, -0.1) is 0 Å². The minimum absolute atomic E-state index is 0.239. The van der Waals surface area contributed by atoms with Gasteiger partial charge in [-0.1, -0.05) is 29.8 Å². The van der Waals surface area contributed by atoms with E-state index in [1.54, 1.807) is 12.4 Å². The van der Waals surface area contributed by atoms with Gasteiger partial charge < -0.3 is 4.90 Å². The number of hydrazone groups is 1. The van der Waals surface area contributed by atoms with E-state index in [9.17, 15) is 4.39 Å². The maximum absolute atomic E-state index is 13.7. The lowest BCUT2D eigenvalue weighted by Gasteiger charge is -2.20. The standard InChI is InChI=1S/C12H15BrFN3/c1-9(2)6-17-8-16(7-15-17)12-4-3-10(13)5-11(12)14/h3-5,7,9H,6,8H2,1-2H3. The number of benzene rings is 1. The summed E-state index contributed by atoms with van der Waals surface area (Å²) in [5.74, 6) is 0.305. The molecule has 0 atom stereocenters. The molecule has 92 valence electrons. The maximum Gasteiger partial charge on any atom is 0.148 e. The van der Waals surface area contributed by atoms with Crippen LogP contribution in [0.5, 0.6) is 0 Å². The van der Waals surface area contributed by atoms with E-state index in [4.69, 9.17) is 0 Å². The van der Waals surface area contributed by atoms with Gasteiger partial charge in [-0.3, -0.25) is 5.01 Å². The third-order valence-corrected chi connectivity index (χ3v) is 2.96. The van der Waals surface area contributed by atoms with Crippen LogP contribution in [-0.4, -0.2) is 24.6 Å². The van der Waals surface area contributed by atoms with Crippen molar-refractivity contribution in [1.29, 1.82) is 0 Å². The Morgan fingerprint density at radius 1 is 1.47 bits per heavy atom. The van der Waals surface area contributed by atoms with Crippen LogP contribution in [0.2, 0.25) is 0 Å². The molecule has 0 saturated carbocycles. The SMILES string of the molecule is CC(C)CN1CN(c2ccc(Br)cc2F)C=N1. The summed E-state index contributed by atoms with van der Waals surface area (Å²) >= 11 is 3.25. The molecule has 0 N–H and O–H groups in total. The van der Waals surface area contributed by atoms with Crippen LogP contribution in [0.25, 0.3) is 0 Å². The van der Waals surface area contributed by atoms with E-state index in [1.807, 2.05) is 16.0 Å². The Kier molecular flexibility index (Phi) is 3.66. The third kappa shape index (κ3) is 2.97. The number of hydrogen-bond acceptors (Lipinski definition) is 3. The van der Waals surface area contributed by atoms with Crippen molar-refractivity contribution < 1.29 is 4.39 Å². The molecule has 0 saturated heterocycles. The number of nitrogens with zero attached hydrogens (tertiary/aromatic N) is 3. The van der Waals surface area contributed by atoms with Crippen molar-refractivity contribution in [2.45, 2.75) is 13.8 Å². The molecule has 0 unspecified atom stereocenters. The van der Waals surface area contributed by atoms with E-state index in [2.05, 4.69) is 34.9 Å². The highest BCUT2D eigenvalue weighted by Gasteiger charge is 2.18. The summed E-state index contributed by atoms with van der Waals surface area (Å²) in [5, 5.41) is 6.19. The second-order valence-corrected chi connectivity index (χ2v) is 5.44. The average Bonchev–Trinajstić information content (AvgIpc) is 2.65. The Hall–Kier alpha value is -1.10. The summed E-state index contributed by atoms with van der Waals surface area (Å²) in [6.45, 7) is 5.76. The highest BCUT2D eigenvalue weighted by Crippen LogP contribution is 2.24. The van der Waals surface area contributed by atoms with Gasteiger partial charge in [-0.2, -0.15) is 5.10 Å². The highest BCUT2D eigenvalue weighted by atomic mass is 79.9. The predicted octanol–water partition coefficient (Wildman–Crippen LogP) is 3.27. The molecule has 3 nitrogen and oxygen atoms in total. The van der Waals surface area contributed by atoms with Gasteiger partial charge in [-0.05, 0) is 24.1 Å². The van der Waals surface area contributed by atoms with Crippen molar-refractivity contribution in [2.75, 3.05) is 18.1 Å². The highest BCUT2D eigenvalue weighted by molar-refractivity contribution is 9.10. The van der Waals surface area contributed by atoms with Gasteiger partial charge in [0.1, 0.15) is 18.8 Å². The van der Waals surface area contributed by atoms with Crippen LogP contribution in [-0.2, 0) is 0 Å². The van der Waals surface area contributed by atoms with Crippen molar-refractivity contribution in [3.05, 3.63) is 28.5 Å². The third-order valence-electron chi connectivity index (χ3n) is 2.46. The first-order valence-corrected chi connectivity index (χ1v) is 6.36. The van der Waals surface area contributed by atoms with Crippen LogP contribution >= 0.6 is 15.9 Å². The predicted molar refractivity (Wildman–Crippen MR) is 71.5 cm³/mol. The van der Waals surface area contributed by atoms with Crippen LogP contribution in [0.15, 0.2) is 27.8 Å². The smallest absolute Gasteiger partial charge is 0.148 e. The van der Waals surface area contributed by atoms with Crippen LogP contribution in [0, 0.1) is 11.7 Å². The van der Waals surface area contributed by atoms with Crippen LogP contribution in [0.4, 0.5) is 10.1 Å². The molecular formula is C12H15BrFN3. The van der Waals surface area contributed by atoms with Gasteiger partial charge in [0, 0.05) is 11.0 Å². The second kappa shape index (κ2) is 5.04. The normalized spacial score (nSPS) is 15.1. The molecule has 0 fully saturated rings. The average molecular weight is 300 g/mol. The Balaban J connectivity index is 2.08. The van der Waals surface area contributed by atoms with E-state index in [0.717, 1.165) is 11.0 Å².